The highest BCUT2D eigenvalue weighted by Crippen LogP contribution is 2.07. The average molecular weight is 208 g/mol. The van der Waals surface area contributed by atoms with Gasteiger partial charge in [0.05, 0.1) is 0 Å². The summed E-state index contributed by atoms with van der Waals surface area (Å²) in [5.41, 5.74) is 9.07. The Hall–Kier alpha value is -1.65. The lowest BCUT2D eigenvalue weighted by Gasteiger charge is -2.07. The van der Waals surface area contributed by atoms with E-state index in [-0.39, 0.29) is 6.54 Å². The highest BCUT2D eigenvalue weighted by molar-refractivity contribution is 7.96. The van der Waals surface area contributed by atoms with E-state index >= 15 is 0 Å². The second-order valence-corrected chi connectivity index (χ2v) is 2.89. The van der Waals surface area contributed by atoms with Crippen molar-refractivity contribution in [3.05, 3.63) is 46.3 Å². The highest BCUT2D eigenvalue weighted by Gasteiger charge is 2.11. The molecule has 0 atom stereocenters. The smallest absolute Gasteiger partial charge is 0.233 e. The minimum absolute atomic E-state index is 0.229. The number of rotatable bonds is 3. The van der Waals surface area contributed by atoms with Crippen molar-refractivity contribution in [3.8, 4) is 0 Å². The summed E-state index contributed by atoms with van der Waals surface area (Å²) in [6, 6.07) is 9.20. The summed E-state index contributed by atoms with van der Waals surface area (Å²) in [5.74, 6) is 0. The molecule has 14 heavy (non-hydrogen) atoms. The molecular formula is C8H8N4OS. The maximum absolute atomic E-state index is 10.9. The first-order valence-corrected chi connectivity index (χ1v) is 4.28. The van der Waals surface area contributed by atoms with Crippen molar-refractivity contribution < 1.29 is 4.79 Å². The van der Waals surface area contributed by atoms with E-state index in [1.54, 1.807) is 0 Å². The van der Waals surface area contributed by atoms with Crippen molar-refractivity contribution >= 4 is 17.9 Å². The van der Waals surface area contributed by atoms with Gasteiger partial charge in [-0.2, -0.15) is 9.92 Å². The van der Waals surface area contributed by atoms with E-state index in [9.17, 15) is 4.79 Å². The predicted molar refractivity (Wildman–Crippen MR) is 55.5 cm³/mol. The molecule has 0 radical (unpaired) electrons. The number of benzene rings is 1. The monoisotopic (exact) mass is 208 g/mol. The minimum Gasteiger partial charge on any atom is -0.233 e. The lowest BCUT2D eigenvalue weighted by atomic mass is 10.2. The summed E-state index contributed by atoms with van der Waals surface area (Å²) in [5, 5.41) is 3.57. The van der Waals surface area contributed by atoms with Gasteiger partial charge in [-0.3, -0.25) is 0 Å². The fourth-order valence-electron chi connectivity index (χ4n) is 0.942. The Morgan fingerprint density at radius 1 is 1.50 bits per heavy atom. The lowest BCUT2D eigenvalue weighted by Crippen LogP contribution is -2.18. The topological polar surface area (TPSA) is 69.1 Å². The fraction of sp³-hybridized carbons (Fsp3) is 0.125. The molecule has 0 aliphatic heterocycles. The number of amides is 1. The molecule has 6 heteroatoms. The largest absolute Gasteiger partial charge is 0.369 e. The summed E-state index contributed by atoms with van der Waals surface area (Å²) in [6.45, 7) is 0.229. The maximum Gasteiger partial charge on any atom is 0.369 e. The third-order valence-corrected chi connectivity index (χ3v) is 1.77. The van der Waals surface area contributed by atoms with E-state index in [0.29, 0.717) is 0 Å². The van der Waals surface area contributed by atoms with Crippen LogP contribution < -0.4 is 0 Å². The number of azide groups is 1. The van der Waals surface area contributed by atoms with Gasteiger partial charge in [-0.15, -0.1) is 5.53 Å². The fourth-order valence-corrected chi connectivity index (χ4v) is 1.05. The molecule has 1 rings (SSSR count). The van der Waals surface area contributed by atoms with Crippen LogP contribution in [0.2, 0.25) is 0 Å². The molecule has 0 aliphatic rings. The molecule has 1 aromatic carbocycles. The standard InChI is InChI=1S/C8H8N4OS/c9-10-11-12(8(13)14)6-7-4-2-1-3-5-7/h1-5H,6H2,(H,13,14). The average Bonchev–Trinajstić information content (AvgIpc) is 2.18. The molecule has 0 spiro atoms. The van der Waals surface area contributed by atoms with Gasteiger partial charge in [0.2, 0.25) is 0 Å². The Bertz CT molecular complexity index is 359. The van der Waals surface area contributed by atoms with Crippen LogP contribution in [-0.4, -0.2) is 10.2 Å². The maximum atomic E-state index is 10.9. The van der Waals surface area contributed by atoms with Crippen molar-refractivity contribution in [3.63, 3.8) is 0 Å². The third-order valence-electron chi connectivity index (χ3n) is 1.54. The van der Waals surface area contributed by atoms with Crippen LogP contribution in [0, 0.1) is 0 Å². The van der Waals surface area contributed by atoms with E-state index < -0.39 is 5.24 Å². The quantitative estimate of drug-likeness (QED) is 0.268. The van der Waals surface area contributed by atoms with Gasteiger partial charge in [0.25, 0.3) is 0 Å². The number of carbonyl (C=O) groups excluding carboxylic acids is 1. The highest BCUT2D eigenvalue weighted by atomic mass is 32.1. The third kappa shape index (κ3) is 3.01. The molecule has 0 fully saturated rings. The molecule has 1 aromatic rings. The number of thiol groups is 1. The van der Waals surface area contributed by atoms with Gasteiger partial charge in [-0.05, 0) is 10.8 Å². The molecule has 72 valence electrons. The lowest BCUT2D eigenvalue weighted by molar-refractivity contribution is 0.222. The van der Waals surface area contributed by atoms with Crippen molar-refractivity contribution in [2.75, 3.05) is 0 Å². The molecule has 0 heterocycles. The molecule has 0 aromatic heterocycles. The van der Waals surface area contributed by atoms with Crippen molar-refractivity contribution in [2.24, 2.45) is 5.22 Å². The normalized spacial score (nSPS) is 8.93. The van der Waals surface area contributed by atoms with E-state index in [1.165, 1.54) is 0 Å². The molecular weight excluding hydrogens is 200 g/mol. The zero-order valence-corrected chi connectivity index (χ0v) is 8.13. The summed E-state index contributed by atoms with van der Waals surface area (Å²) in [6.07, 6.45) is 0. The van der Waals surface area contributed by atoms with Gasteiger partial charge in [0.1, 0.15) is 6.54 Å². The van der Waals surface area contributed by atoms with Crippen LogP contribution in [-0.2, 0) is 6.54 Å². The van der Waals surface area contributed by atoms with Crippen LogP contribution in [0.1, 0.15) is 5.56 Å². The second kappa shape index (κ2) is 5.16. The Balaban J connectivity index is 2.75. The number of carbonyl (C=O) groups is 1. The Morgan fingerprint density at radius 3 is 2.64 bits per heavy atom. The van der Waals surface area contributed by atoms with E-state index in [0.717, 1.165) is 10.6 Å². The van der Waals surface area contributed by atoms with Gasteiger partial charge in [-0.1, -0.05) is 43.0 Å². The SMILES string of the molecule is [N-]=[N+]=NN(Cc1ccccc1)C(=O)S. The molecule has 1 amide bonds. The predicted octanol–water partition coefficient (Wildman–Crippen LogP) is 2.76. The van der Waals surface area contributed by atoms with Gasteiger partial charge in [-0.25, -0.2) is 4.79 Å². The van der Waals surface area contributed by atoms with Crippen LogP contribution in [0.3, 0.4) is 0 Å². The van der Waals surface area contributed by atoms with Crippen molar-refractivity contribution in [1.29, 1.82) is 0 Å². The molecule has 0 saturated heterocycles. The summed E-state index contributed by atoms with van der Waals surface area (Å²) in [4.78, 5) is 13.4. The van der Waals surface area contributed by atoms with Crippen LogP contribution in [0.5, 0.6) is 0 Å². The zero-order valence-electron chi connectivity index (χ0n) is 7.24. The van der Waals surface area contributed by atoms with E-state index in [4.69, 9.17) is 5.53 Å². The Morgan fingerprint density at radius 2 is 2.14 bits per heavy atom. The number of hydrogen-bond acceptors (Lipinski definition) is 2. The molecule has 0 bridgehead atoms. The van der Waals surface area contributed by atoms with Crippen LogP contribution >= 0.6 is 12.6 Å². The first-order valence-electron chi connectivity index (χ1n) is 3.83. The van der Waals surface area contributed by atoms with Crippen molar-refractivity contribution in [1.82, 2.24) is 5.01 Å². The van der Waals surface area contributed by atoms with E-state index in [2.05, 4.69) is 22.8 Å². The summed E-state index contributed by atoms with van der Waals surface area (Å²) >= 11 is 3.58. The van der Waals surface area contributed by atoms with Gasteiger partial charge in [0, 0.05) is 0 Å². The van der Waals surface area contributed by atoms with Crippen LogP contribution in [0.4, 0.5) is 4.79 Å². The molecule has 0 N–H and O–H groups in total. The first kappa shape index (κ1) is 10.4. The summed E-state index contributed by atoms with van der Waals surface area (Å²) < 4.78 is 0. The zero-order chi connectivity index (χ0) is 10.4. The second-order valence-electron chi connectivity index (χ2n) is 2.50. The number of hydrogen-bond donors (Lipinski definition) is 1. The van der Waals surface area contributed by atoms with Gasteiger partial charge in [0.15, 0.2) is 0 Å². The van der Waals surface area contributed by atoms with E-state index in [1.807, 2.05) is 30.3 Å². The Labute approximate surface area is 86.3 Å². The first-order chi connectivity index (χ1) is 6.74. The molecule has 0 saturated carbocycles. The summed E-state index contributed by atoms with van der Waals surface area (Å²) in [7, 11) is 0. The van der Waals surface area contributed by atoms with Crippen LogP contribution in [0.25, 0.3) is 10.4 Å². The van der Waals surface area contributed by atoms with Crippen molar-refractivity contribution in [2.45, 2.75) is 6.54 Å². The Kier molecular flexibility index (Phi) is 3.84. The van der Waals surface area contributed by atoms with Crippen LogP contribution in [0.15, 0.2) is 35.6 Å². The van der Waals surface area contributed by atoms with Gasteiger partial charge < -0.3 is 0 Å². The molecule has 0 unspecified atom stereocenters. The minimum atomic E-state index is -0.577. The number of nitrogens with zero attached hydrogens (tertiary/aromatic N) is 4. The molecule has 5 nitrogen and oxygen atoms in total. The van der Waals surface area contributed by atoms with Gasteiger partial charge >= 0.3 is 5.24 Å². The molecule has 0 aliphatic carbocycles.